The Labute approximate surface area is 137 Å². The lowest BCUT2D eigenvalue weighted by atomic mass is 10.4. The van der Waals surface area contributed by atoms with Gasteiger partial charge in [-0.1, -0.05) is 11.6 Å². The first-order chi connectivity index (χ1) is 10.9. The van der Waals surface area contributed by atoms with Crippen molar-refractivity contribution < 1.29 is 17.6 Å². The second-order valence-corrected chi connectivity index (χ2v) is 6.71. The quantitative estimate of drug-likeness (QED) is 0.829. The first kappa shape index (κ1) is 17.3. The number of benzene rings is 1. The maximum absolute atomic E-state index is 12.8. The average Bonchev–Trinajstić information content (AvgIpc) is 2.50. The zero-order valence-corrected chi connectivity index (χ0v) is 13.4. The molecular formula is C14H13ClFN3O3S. The fourth-order valence-electron chi connectivity index (χ4n) is 1.65. The van der Waals surface area contributed by atoms with Crippen molar-refractivity contribution in [3.05, 3.63) is 53.4 Å². The molecule has 6 nitrogen and oxygen atoms in total. The molecule has 1 aromatic carbocycles. The van der Waals surface area contributed by atoms with Gasteiger partial charge in [0.15, 0.2) is 0 Å². The molecule has 2 aromatic rings. The number of amides is 1. The van der Waals surface area contributed by atoms with Crippen LogP contribution in [0.25, 0.3) is 0 Å². The Kier molecular flexibility index (Phi) is 5.64. The van der Waals surface area contributed by atoms with E-state index in [0.29, 0.717) is 10.8 Å². The van der Waals surface area contributed by atoms with Gasteiger partial charge in [-0.3, -0.25) is 4.79 Å². The maximum Gasteiger partial charge on any atom is 0.240 e. The van der Waals surface area contributed by atoms with Gasteiger partial charge >= 0.3 is 0 Å². The van der Waals surface area contributed by atoms with Crippen LogP contribution in [0.3, 0.4) is 0 Å². The number of sulfonamides is 1. The Balaban J connectivity index is 1.85. The number of hydrogen-bond acceptors (Lipinski definition) is 4. The molecule has 0 aliphatic rings. The number of carbonyl (C=O) groups is 1. The molecule has 0 saturated heterocycles. The van der Waals surface area contributed by atoms with Crippen molar-refractivity contribution in [2.24, 2.45) is 0 Å². The second-order valence-electron chi connectivity index (χ2n) is 4.51. The summed E-state index contributed by atoms with van der Waals surface area (Å²) in [5, 5.41) is 2.95. The van der Waals surface area contributed by atoms with E-state index in [-0.39, 0.29) is 17.9 Å². The summed E-state index contributed by atoms with van der Waals surface area (Å²) in [6.07, 6.45) is 1.30. The van der Waals surface area contributed by atoms with Gasteiger partial charge in [-0.2, -0.15) is 0 Å². The number of aromatic nitrogens is 1. The fraction of sp³-hybridized carbons (Fsp3) is 0.143. The number of anilines is 1. The van der Waals surface area contributed by atoms with Crippen LogP contribution in [-0.2, 0) is 14.8 Å². The van der Waals surface area contributed by atoms with Crippen LogP contribution in [0.15, 0.2) is 47.5 Å². The molecule has 2 rings (SSSR count). The minimum Gasteiger partial charge on any atom is -0.311 e. The summed E-state index contributed by atoms with van der Waals surface area (Å²) in [6.45, 7) is -0.0981. The van der Waals surface area contributed by atoms with Gasteiger partial charge in [0.05, 0.1) is 9.92 Å². The number of nitrogens with one attached hydrogen (secondary N) is 2. The molecule has 0 bridgehead atoms. The largest absolute Gasteiger partial charge is 0.311 e. The number of rotatable bonds is 6. The summed E-state index contributed by atoms with van der Waals surface area (Å²) in [4.78, 5) is 15.5. The van der Waals surface area contributed by atoms with Crippen LogP contribution < -0.4 is 10.0 Å². The van der Waals surface area contributed by atoms with Crippen LogP contribution >= 0.6 is 11.6 Å². The molecule has 1 heterocycles. The fourth-order valence-corrected chi connectivity index (χ4v) is 2.79. The van der Waals surface area contributed by atoms with Crippen molar-refractivity contribution in [3.8, 4) is 0 Å². The summed E-state index contributed by atoms with van der Waals surface area (Å²) in [6, 6.07) is 7.50. The highest BCUT2D eigenvalue weighted by Gasteiger charge is 2.14. The monoisotopic (exact) mass is 357 g/mol. The minimum absolute atomic E-state index is 0.0707. The van der Waals surface area contributed by atoms with Gasteiger partial charge in [0.2, 0.25) is 15.9 Å². The van der Waals surface area contributed by atoms with E-state index in [1.807, 2.05) is 0 Å². The van der Waals surface area contributed by atoms with E-state index in [2.05, 4.69) is 15.0 Å². The third-order valence-corrected chi connectivity index (χ3v) is 4.46. The first-order valence-electron chi connectivity index (χ1n) is 6.53. The van der Waals surface area contributed by atoms with Crippen molar-refractivity contribution in [1.82, 2.24) is 9.71 Å². The Morgan fingerprint density at radius 2 is 1.87 bits per heavy atom. The van der Waals surface area contributed by atoms with E-state index in [4.69, 9.17) is 11.6 Å². The number of carbonyl (C=O) groups excluding carboxylic acids is 1. The summed E-state index contributed by atoms with van der Waals surface area (Å²) >= 11 is 5.67. The molecule has 9 heteroatoms. The zero-order chi connectivity index (χ0) is 16.9. The Morgan fingerprint density at radius 3 is 2.48 bits per heavy atom. The van der Waals surface area contributed by atoms with E-state index in [0.717, 1.165) is 24.3 Å². The van der Waals surface area contributed by atoms with E-state index in [1.54, 1.807) is 6.07 Å². The highest BCUT2D eigenvalue weighted by molar-refractivity contribution is 7.89. The summed E-state index contributed by atoms with van der Waals surface area (Å²) in [7, 11) is -3.78. The lowest BCUT2D eigenvalue weighted by molar-refractivity contribution is -0.116. The van der Waals surface area contributed by atoms with Crippen molar-refractivity contribution in [1.29, 1.82) is 0 Å². The summed E-state index contributed by atoms with van der Waals surface area (Å²) < 4.78 is 38.9. The standard InChI is InChI=1S/C14H13ClFN3O3S/c15-10-1-6-13(17-9-10)19-14(20)7-8-18-23(21,22)12-4-2-11(16)3-5-12/h1-6,9,18H,7-8H2,(H,17,19,20). The second kappa shape index (κ2) is 7.49. The third kappa shape index (κ3) is 5.27. The normalized spacial score (nSPS) is 11.2. The van der Waals surface area contributed by atoms with Crippen molar-refractivity contribution in [3.63, 3.8) is 0 Å². The lowest BCUT2D eigenvalue weighted by Gasteiger charge is -2.07. The predicted molar refractivity (Wildman–Crippen MR) is 84.1 cm³/mol. The number of nitrogens with zero attached hydrogens (tertiary/aromatic N) is 1. The van der Waals surface area contributed by atoms with Crippen LogP contribution in [0.2, 0.25) is 5.02 Å². The highest BCUT2D eigenvalue weighted by Crippen LogP contribution is 2.11. The maximum atomic E-state index is 12.8. The Bertz CT molecular complexity index is 780. The summed E-state index contributed by atoms with van der Waals surface area (Å²) in [5.41, 5.74) is 0. The van der Waals surface area contributed by atoms with Gasteiger partial charge in [-0.15, -0.1) is 0 Å². The molecule has 2 N–H and O–H groups in total. The first-order valence-corrected chi connectivity index (χ1v) is 8.39. The third-order valence-electron chi connectivity index (χ3n) is 2.76. The molecule has 23 heavy (non-hydrogen) atoms. The number of pyridine rings is 1. The Morgan fingerprint density at radius 1 is 1.17 bits per heavy atom. The number of halogens is 2. The Hall–Kier alpha value is -2.03. The molecule has 122 valence electrons. The molecule has 0 spiro atoms. The molecular weight excluding hydrogens is 345 g/mol. The van der Waals surface area contributed by atoms with Crippen LogP contribution in [0.5, 0.6) is 0 Å². The molecule has 0 atom stereocenters. The topological polar surface area (TPSA) is 88.2 Å². The zero-order valence-electron chi connectivity index (χ0n) is 11.8. The van der Waals surface area contributed by atoms with Gasteiger partial charge in [0.25, 0.3) is 0 Å². The van der Waals surface area contributed by atoms with Gasteiger partial charge < -0.3 is 5.32 Å². The molecule has 0 aliphatic heterocycles. The van der Waals surface area contributed by atoms with Crippen molar-refractivity contribution in [2.45, 2.75) is 11.3 Å². The van der Waals surface area contributed by atoms with Crippen LogP contribution in [0.4, 0.5) is 10.2 Å². The van der Waals surface area contributed by atoms with Gasteiger partial charge in [-0.25, -0.2) is 22.5 Å². The SMILES string of the molecule is O=C(CCNS(=O)(=O)c1ccc(F)cc1)Nc1ccc(Cl)cn1. The van der Waals surface area contributed by atoms with E-state index >= 15 is 0 Å². The molecule has 0 fully saturated rings. The molecule has 0 unspecified atom stereocenters. The molecule has 1 amide bonds. The summed E-state index contributed by atoms with van der Waals surface area (Å²) in [5.74, 6) is -0.610. The van der Waals surface area contributed by atoms with E-state index in [9.17, 15) is 17.6 Å². The van der Waals surface area contributed by atoms with Crippen LogP contribution in [0, 0.1) is 5.82 Å². The smallest absolute Gasteiger partial charge is 0.240 e. The van der Waals surface area contributed by atoms with Crippen LogP contribution in [-0.4, -0.2) is 25.9 Å². The van der Waals surface area contributed by atoms with Crippen molar-refractivity contribution >= 4 is 33.3 Å². The van der Waals surface area contributed by atoms with E-state index < -0.39 is 21.7 Å². The molecule has 0 radical (unpaired) electrons. The average molecular weight is 358 g/mol. The predicted octanol–water partition coefficient (Wildman–Crippen LogP) is 2.18. The van der Waals surface area contributed by atoms with Gasteiger partial charge in [0.1, 0.15) is 11.6 Å². The number of hydrogen-bond donors (Lipinski definition) is 2. The highest BCUT2D eigenvalue weighted by atomic mass is 35.5. The van der Waals surface area contributed by atoms with Crippen molar-refractivity contribution in [2.75, 3.05) is 11.9 Å². The van der Waals surface area contributed by atoms with Gasteiger partial charge in [0, 0.05) is 19.2 Å². The lowest BCUT2D eigenvalue weighted by Crippen LogP contribution is -2.28. The van der Waals surface area contributed by atoms with Gasteiger partial charge in [-0.05, 0) is 36.4 Å². The minimum atomic E-state index is -3.78. The molecule has 1 aromatic heterocycles. The van der Waals surface area contributed by atoms with E-state index in [1.165, 1.54) is 12.3 Å². The van der Waals surface area contributed by atoms with Crippen LogP contribution in [0.1, 0.15) is 6.42 Å². The molecule has 0 saturated carbocycles. The molecule has 0 aliphatic carbocycles.